The van der Waals surface area contributed by atoms with Gasteiger partial charge in [-0.1, -0.05) is 13.3 Å². The highest BCUT2D eigenvalue weighted by molar-refractivity contribution is 7.98. The molecule has 0 saturated heterocycles. The van der Waals surface area contributed by atoms with Crippen LogP contribution in [0.5, 0.6) is 0 Å². The van der Waals surface area contributed by atoms with Gasteiger partial charge in [-0.15, -0.1) is 11.8 Å². The zero-order valence-corrected chi connectivity index (χ0v) is 10.1. The van der Waals surface area contributed by atoms with Crippen molar-refractivity contribution in [1.82, 2.24) is 9.97 Å². The Balaban J connectivity index is 1.92. The van der Waals surface area contributed by atoms with Crippen LogP contribution in [0.2, 0.25) is 0 Å². The lowest BCUT2D eigenvalue weighted by Gasteiger charge is -2.38. The molecule has 0 unspecified atom stereocenters. The normalized spacial score (nSPS) is 18.3. The van der Waals surface area contributed by atoms with E-state index in [2.05, 4.69) is 22.2 Å². The Labute approximate surface area is 95.1 Å². The Bertz CT molecular complexity index is 336. The molecule has 0 radical (unpaired) electrons. The van der Waals surface area contributed by atoms with Gasteiger partial charge >= 0.3 is 0 Å². The van der Waals surface area contributed by atoms with Crippen molar-refractivity contribution in [2.75, 3.05) is 18.1 Å². The van der Waals surface area contributed by atoms with Crippen LogP contribution in [0.4, 0.5) is 5.82 Å². The summed E-state index contributed by atoms with van der Waals surface area (Å²) in [6.07, 6.45) is 7.69. The lowest BCUT2D eigenvalue weighted by atomic mass is 9.70. The van der Waals surface area contributed by atoms with Crippen molar-refractivity contribution >= 4 is 17.6 Å². The standard InChI is InChI=1S/C11H17N3S/c1-11(4-3-5-11)7-12-9-6-10(15-2)14-8-13-9/h6,8H,3-5,7H2,1-2H3,(H,12,13,14). The van der Waals surface area contributed by atoms with Gasteiger partial charge in [0.05, 0.1) is 0 Å². The highest BCUT2D eigenvalue weighted by Crippen LogP contribution is 2.40. The molecule has 1 N–H and O–H groups in total. The van der Waals surface area contributed by atoms with Crippen LogP contribution in [0.25, 0.3) is 0 Å². The first-order valence-corrected chi connectivity index (χ1v) is 6.54. The molecule has 1 aromatic heterocycles. The van der Waals surface area contributed by atoms with Crippen LogP contribution in [0.15, 0.2) is 17.4 Å². The van der Waals surface area contributed by atoms with Gasteiger partial charge in [0.25, 0.3) is 0 Å². The summed E-state index contributed by atoms with van der Waals surface area (Å²) in [5.74, 6) is 0.947. The van der Waals surface area contributed by atoms with Crippen molar-refractivity contribution < 1.29 is 0 Å². The third-order valence-corrected chi connectivity index (χ3v) is 3.75. The Kier molecular flexibility index (Phi) is 3.14. The summed E-state index contributed by atoms with van der Waals surface area (Å²) >= 11 is 1.64. The van der Waals surface area contributed by atoms with E-state index in [4.69, 9.17) is 0 Å². The molecular formula is C11H17N3S. The minimum absolute atomic E-state index is 0.491. The van der Waals surface area contributed by atoms with E-state index in [1.165, 1.54) is 19.3 Å². The average molecular weight is 223 g/mol. The van der Waals surface area contributed by atoms with E-state index >= 15 is 0 Å². The average Bonchev–Trinajstić information content (AvgIpc) is 2.24. The SMILES string of the molecule is CSc1cc(NCC2(C)CCC2)ncn1. The Morgan fingerprint density at radius 1 is 1.47 bits per heavy atom. The molecule has 82 valence electrons. The van der Waals surface area contributed by atoms with Crippen molar-refractivity contribution in [2.24, 2.45) is 5.41 Å². The predicted octanol–water partition coefficient (Wildman–Crippen LogP) is 2.80. The molecule has 1 fully saturated rings. The minimum atomic E-state index is 0.491. The van der Waals surface area contributed by atoms with Gasteiger partial charge in [-0.3, -0.25) is 0 Å². The number of thioether (sulfide) groups is 1. The molecule has 0 spiro atoms. The van der Waals surface area contributed by atoms with Gasteiger partial charge in [-0.25, -0.2) is 9.97 Å². The van der Waals surface area contributed by atoms with Gasteiger partial charge in [-0.05, 0) is 24.5 Å². The van der Waals surface area contributed by atoms with E-state index in [1.54, 1.807) is 18.1 Å². The Hall–Kier alpha value is -0.770. The third-order valence-electron chi connectivity index (χ3n) is 3.11. The monoisotopic (exact) mass is 223 g/mol. The van der Waals surface area contributed by atoms with Crippen LogP contribution < -0.4 is 5.32 Å². The number of rotatable bonds is 4. The summed E-state index contributed by atoms with van der Waals surface area (Å²) in [5, 5.41) is 4.42. The van der Waals surface area contributed by atoms with Gasteiger partial charge in [0.2, 0.25) is 0 Å². The van der Waals surface area contributed by atoms with Gasteiger partial charge in [-0.2, -0.15) is 0 Å². The molecule has 4 heteroatoms. The number of hydrogen-bond acceptors (Lipinski definition) is 4. The number of anilines is 1. The molecule has 0 bridgehead atoms. The van der Waals surface area contributed by atoms with Crippen LogP contribution in [0, 0.1) is 5.41 Å². The fraction of sp³-hybridized carbons (Fsp3) is 0.636. The highest BCUT2D eigenvalue weighted by Gasteiger charge is 2.31. The predicted molar refractivity (Wildman–Crippen MR) is 64.3 cm³/mol. The van der Waals surface area contributed by atoms with Crippen LogP contribution in [-0.4, -0.2) is 22.8 Å². The molecule has 2 rings (SSSR count). The van der Waals surface area contributed by atoms with Crippen molar-refractivity contribution in [3.05, 3.63) is 12.4 Å². The van der Waals surface area contributed by atoms with E-state index in [0.29, 0.717) is 5.41 Å². The molecular weight excluding hydrogens is 206 g/mol. The smallest absolute Gasteiger partial charge is 0.130 e. The second kappa shape index (κ2) is 4.39. The van der Waals surface area contributed by atoms with Crippen molar-refractivity contribution in [3.63, 3.8) is 0 Å². The lowest BCUT2D eigenvalue weighted by Crippen LogP contribution is -2.33. The largest absolute Gasteiger partial charge is 0.369 e. The Morgan fingerprint density at radius 3 is 2.87 bits per heavy atom. The maximum absolute atomic E-state index is 4.21. The van der Waals surface area contributed by atoms with Crippen molar-refractivity contribution in [2.45, 2.75) is 31.2 Å². The van der Waals surface area contributed by atoms with Crippen LogP contribution in [0.1, 0.15) is 26.2 Å². The molecule has 3 nitrogen and oxygen atoms in total. The quantitative estimate of drug-likeness (QED) is 0.629. The Morgan fingerprint density at radius 2 is 2.27 bits per heavy atom. The maximum atomic E-state index is 4.21. The first-order chi connectivity index (χ1) is 7.22. The fourth-order valence-electron chi connectivity index (χ4n) is 1.81. The number of nitrogens with zero attached hydrogens (tertiary/aromatic N) is 2. The summed E-state index contributed by atoms with van der Waals surface area (Å²) < 4.78 is 0. The molecule has 1 saturated carbocycles. The number of nitrogens with one attached hydrogen (secondary N) is 1. The van der Waals surface area contributed by atoms with Crippen molar-refractivity contribution in [1.29, 1.82) is 0 Å². The topological polar surface area (TPSA) is 37.8 Å². The first kappa shape index (κ1) is 10.7. The second-order valence-corrected chi connectivity index (χ2v) is 5.29. The molecule has 1 aliphatic carbocycles. The maximum Gasteiger partial charge on any atom is 0.130 e. The first-order valence-electron chi connectivity index (χ1n) is 5.32. The third kappa shape index (κ3) is 2.62. The van der Waals surface area contributed by atoms with E-state index in [1.807, 2.05) is 12.3 Å². The molecule has 0 atom stereocenters. The molecule has 0 amide bonds. The molecule has 1 aliphatic rings. The minimum Gasteiger partial charge on any atom is -0.369 e. The van der Waals surface area contributed by atoms with E-state index in [9.17, 15) is 0 Å². The van der Waals surface area contributed by atoms with E-state index in [0.717, 1.165) is 17.4 Å². The molecule has 15 heavy (non-hydrogen) atoms. The summed E-state index contributed by atoms with van der Waals surface area (Å²) in [6.45, 7) is 3.36. The van der Waals surface area contributed by atoms with Crippen LogP contribution in [-0.2, 0) is 0 Å². The van der Waals surface area contributed by atoms with Gasteiger partial charge in [0.1, 0.15) is 17.2 Å². The summed E-state index contributed by atoms with van der Waals surface area (Å²) in [4.78, 5) is 8.36. The molecule has 1 aromatic rings. The van der Waals surface area contributed by atoms with Gasteiger partial charge in [0, 0.05) is 12.6 Å². The van der Waals surface area contributed by atoms with E-state index < -0.39 is 0 Å². The number of hydrogen-bond donors (Lipinski definition) is 1. The highest BCUT2D eigenvalue weighted by atomic mass is 32.2. The molecule has 0 aliphatic heterocycles. The van der Waals surface area contributed by atoms with Crippen molar-refractivity contribution in [3.8, 4) is 0 Å². The molecule has 1 heterocycles. The van der Waals surface area contributed by atoms with Crippen LogP contribution in [0.3, 0.4) is 0 Å². The summed E-state index contributed by atoms with van der Waals surface area (Å²) in [5.41, 5.74) is 0.491. The number of aromatic nitrogens is 2. The fourth-order valence-corrected chi connectivity index (χ4v) is 2.19. The van der Waals surface area contributed by atoms with E-state index in [-0.39, 0.29) is 0 Å². The zero-order chi connectivity index (χ0) is 10.7. The van der Waals surface area contributed by atoms with Crippen LogP contribution >= 0.6 is 11.8 Å². The summed E-state index contributed by atoms with van der Waals surface area (Å²) in [7, 11) is 0. The zero-order valence-electron chi connectivity index (χ0n) is 9.29. The molecule has 0 aromatic carbocycles. The lowest BCUT2D eigenvalue weighted by molar-refractivity contribution is 0.180. The van der Waals surface area contributed by atoms with Gasteiger partial charge in [0.15, 0.2) is 0 Å². The second-order valence-electron chi connectivity index (χ2n) is 4.46. The summed E-state index contributed by atoms with van der Waals surface area (Å²) in [6, 6.07) is 2.01. The van der Waals surface area contributed by atoms with Gasteiger partial charge < -0.3 is 5.32 Å².